The number of primary amides is 1. The number of carbonyl (C=O) groups is 2. The number of nitrogens with two attached hydrogens (primary N) is 1. The van der Waals surface area contributed by atoms with Crippen molar-refractivity contribution in [3.05, 3.63) is 27.7 Å². The van der Waals surface area contributed by atoms with Gasteiger partial charge in [-0.3, -0.25) is 9.59 Å². The number of amides is 2. The third-order valence-electron chi connectivity index (χ3n) is 3.42. The third kappa shape index (κ3) is 4.35. The predicted molar refractivity (Wildman–Crippen MR) is 83.1 cm³/mol. The fourth-order valence-corrected chi connectivity index (χ4v) is 3.06. The molecule has 0 aliphatic carbocycles. The van der Waals surface area contributed by atoms with Gasteiger partial charge in [0, 0.05) is 18.1 Å². The Hall–Kier alpha value is -1.27. The number of piperidine rings is 1. The maximum Gasteiger partial charge on any atom is 0.260 e. The molecular formula is C14H16BrClN2O3. The van der Waals surface area contributed by atoms with Gasteiger partial charge in [-0.2, -0.15) is 0 Å². The van der Waals surface area contributed by atoms with Crippen LogP contribution in [0.5, 0.6) is 5.75 Å². The van der Waals surface area contributed by atoms with Gasteiger partial charge in [-0.15, -0.1) is 0 Å². The van der Waals surface area contributed by atoms with Crippen molar-refractivity contribution < 1.29 is 14.3 Å². The fourth-order valence-electron chi connectivity index (χ4n) is 2.26. The predicted octanol–water partition coefficient (Wildman–Crippen LogP) is 2.21. The average molecular weight is 376 g/mol. The van der Waals surface area contributed by atoms with Crippen molar-refractivity contribution >= 4 is 39.3 Å². The first-order valence-electron chi connectivity index (χ1n) is 6.62. The van der Waals surface area contributed by atoms with E-state index in [1.165, 1.54) is 0 Å². The van der Waals surface area contributed by atoms with Gasteiger partial charge in [-0.25, -0.2) is 0 Å². The normalized spacial score (nSPS) is 18.4. The van der Waals surface area contributed by atoms with Gasteiger partial charge in [0.1, 0.15) is 5.75 Å². The van der Waals surface area contributed by atoms with Crippen LogP contribution in [0.4, 0.5) is 0 Å². The number of hydrogen-bond donors (Lipinski definition) is 1. The van der Waals surface area contributed by atoms with E-state index < -0.39 is 0 Å². The Balaban J connectivity index is 1.90. The zero-order chi connectivity index (χ0) is 15.4. The molecule has 21 heavy (non-hydrogen) atoms. The lowest BCUT2D eigenvalue weighted by Gasteiger charge is -2.31. The third-order valence-corrected chi connectivity index (χ3v) is 4.28. The summed E-state index contributed by atoms with van der Waals surface area (Å²) in [6.07, 6.45) is 1.52. The molecule has 1 aromatic rings. The molecule has 5 nitrogen and oxygen atoms in total. The second-order valence-corrected chi connectivity index (χ2v) is 6.24. The van der Waals surface area contributed by atoms with Crippen LogP contribution in [0.1, 0.15) is 12.8 Å². The minimum atomic E-state index is -0.353. The van der Waals surface area contributed by atoms with Crippen LogP contribution in [0.15, 0.2) is 22.7 Å². The standard InChI is InChI=1S/C14H16BrClN2O3/c15-11-6-10(16)3-4-12(11)21-8-13(19)18-5-1-2-9(7-18)14(17)20/h3-4,6,9H,1-2,5,7-8H2,(H2,17,20)/t9-/m1/s1. The lowest BCUT2D eigenvalue weighted by Crippen LogP contribution is -2.45. The van der Waals surface area contributed by atoms with Gasteiger partial charge >= 0.3 is 0 Å². The maximum atomic E-state index is 12.1. The zero-order valence-corrected chi connectivity index (χ0v) is 13.7. The average Bonchev–Trinajstić information content (AvgIpc) is 2.46. The number of ether oxygens (including phenoxy) is 1. The summed E-state index contributed by atoms with van der Waals surface area (Å²) in [6.45, 7) is 0.929. The molecule has 0 spiro atoms. The van der Waals surface area contributed by atoms with Crippen LogP contribution in [0, 0.1) is 5.92 Å². The van der Waals surface area contributed by atoms with Gasteiger partial charge in [-0.05, 0) is 47.0 Å². The smallest absolute Gasteiger partial charge is 0.260 e. The lowest BCUT2D eigenvalue weighted by atomic mass is 9.97. The summed E-state index contributed by atoms with van der Waals surface area (Å²) in [5, 5.41) is 0.584. The molecule has 7 heteroatoms. The number of carbonyl (C=O) groups excluding carboxylic acids is 2. The molecule has 1 fully saturated rings. The summed E-state index contributed by atoms with van der Waals surface area (Å²) in [4.78, 5) is 25.0. The molecule has 2 amide bonds. The van der Waals surface area contributed by atoms with Crippen molar-refractivity contribution in [1.29, 1.82) is 0 Å². The highest BCUT2D eigenvalue weighted by Gasteiger charge is 2.27. The van der Waals surface area contributed by atoms with E-state index in [9.17, 15) is 9.59 Å². The molecule has 2 rings (SSSR count). The van der Waals surface area contributed by atoms with Gasteiger partial charge in [0.2, 0.25) is 5.91 Å². The molecule has 1 aliphatic heterocycles. The summed E-state index contributed by atoms with van der Waals surface area (Å²) in [7, 11) is 0. The largest absolute Gasteiger partial charge is 0.483 e. The van der Waals surface area contributed by atoms with Crippen molar-refractivity contribution in [1.82, 2.24) is 4.90 Å². The van der Waals surface area contributed by atoms with E-state index in [-0.39, 0.29) is 24.3 Å². The Morgan fingerprint density at radius 1 is 1.48 bits per heavy atom. The highest BCUT2D eigenvalue weighted by molar-refractivity contribution is 9.10. The van der Waals surface area contributed by atoms with Crippen molar-refractivity contribution in [2.75, 3.05) is 19.7 Å². The van der Waals surface area contributed by atoms with Gasteiger partial charge in [0.15, 0.2) is 6.61 Å². The Kier molecular flexibility index (Phi) is 5.47. The molecule has 0 aromatic heterocycles. The van der Waals surface area contributed by atoms with Gasteiger partial charge in [0.25, 0.3) is 5.91 Å². The molecule has 0 radical (unpaired) electrons. The Morgan fingerprint density at radius 3 is 2.90 bits per heavy atom. The minimum absolute atomic E-state index is 0.0777. The number of likely N-dealkylation sites (tertiary alicyclic amines) is 1. The van der Waals surface area contributed by atoms with E-state index in [2.05, 4.69) is 15.9 Å². The quantitative estimate of drug-likeness (QED) is 0.877. The molecule has 1 aliphatic rings. The molecule has 1 saturated heterocycles. The maximum absolute atomic E-state index is 12.1. The first kappa shape index (κ1) is 16.1. The molecular weight excluding hydrogens is 360 g/mol. The Morgan fingerprint density at radius 2 is 2.24 bits per heavy atom. The minimum Gasteiger partial charge on any atom is -0.483 e. The fraction of sp³-hybridized carbons (Fsp3) is 0.429. The number of halogens is 2. The van der Waals surface area contributed by atoms with Crippen LogP contribution in [0.2, 0.25) is 5.02 Å². The number of rotatable bonds is 4. The second-order valence-electron chi connectivity index (χ2n) is 4.94. The van der Waals surface area contributed by atoms with Gasteiger partial charge in [-0.1, -0.05) is 11.6 Å². The van der Waals surface area contributed by atoms with Gasteiger partial charge in [0.05, 0.1) is 10.4 Å². The van der Waals surface area contributed by atoms with Crippen LogP contribution in [0.25, 0.3) is 0 Å². The van der Waals surface area contributed by atoms with E-state index in [0.717, 1.165) is 12.8 Å². The van der Waals surface area contributed by atoms with Gasteiger partial charge < -0.3 is 15.4 Å². The molecule has 0 bridgehead atoms. The van der Waals surface area contributed by atoms with Crippen LogP contribution in [0.3, 0.4) is 0 Å². The first-order chi connectivity index (χ1) is 9.97. The SMILES string of the molecule is NC(=O)[C@@H]1CCCN(C(=O)COc2ccc(Cl)cc2Br)C1. The Labute approximate surface area is 136 Å². The highest BCUT2D eigenvalue weighted by Crippen LogP contribution is 2.28. The van der Waals surface area contributed by atoms with E-state index in [4.69, 9.17) is 22.1 Å². The van der Waals surface area contributed by atoms with Crippen molar-refractivity contribution in [2.45, 2.75) is 12.8 Å². The molecule has 0 saturated carbocycles. The summed E-state index contributed by atoms with van der Waals surface area (Å²) < 4.78 is 6.18. The zero-order valence-electron chi connectivity index (χ0n) is 11.4. The van der Waals surface area contributed by atoms with E-state index >= 15 is 0 Å². The van der Waals surface area contributed by atoms with Crippen LogP contribution < -0.4 is 10.5 Å². The molecule has 2 N–H and O–H groups in total. The Bertz CT molecular complexity index is 553. The molecule has 1 atom stereocenters. The van der Waals surface area contributed by atoms with Crippen LogP contribution in [-0.4, -0.2) is 36.4 Å². The molecule has 1 heterocycles. The van der Waals surface area contributed by atoms with E-state index in [0.29, 0.717) is 28.3 Å². The van der Waals surface area contributed by atoms with Crippen molar-refractivity contribution in [3.63, 3.8) is 0 Å². The van der Waals surface area contributed by atoms with Crippen LogP contribution >= 0.6 is 27.5 Å². The topological polar surface area (TPSA) is 72.6 Å². The molecule has 114 valence electrons. The summed E-state index contributed by atoms with van der Waals surface area (Å²) in [5.41, 5.74) is 5.30. The van der Waals surface area contributed by atoms with Crippen LogP contribution in [-0.2, 0) is 9.59 Å². The molecule has 1 aromatic carbocycles. The van der Waals surface area contributed by atoms with E-state index in [1.54, 1.807) is 23.1 Å². The first-order valence-corrected chi connectivity index (χ1v) is 7.79. The molecule has 0 unspecified atom stereocenters. The second kappa shape index (κ2) is 7.13. The monoisotopic (exact) mass is 374 g/mol. The van der Waals surface area contributed by atoms with Crippen molar-refractivity contribution in [2.24, 2.45) is 11.7 Å². The van der Waals surface area contributed by atoms with Crippen molar-refractivity contribution in [3.8, 4) is 5.75 Å². The van der Waals surface area contributed by atoms with E-state index in [1.807, 2.05) is 0 Å². The number of benzene rings is 1. The summed E-state index contributed by atoms with van der Waals surface area (Å²) in [5.74, 6) is -0.210. The number of nitrogens with zero attached hydrogens (tertiary/aromatic N) is 1. The number of hydrogen-bond acceptors (Lipinski definition) is 3. The lowest BCUT2D eigenvalue weighted by molar-refractivity contribution is -0.136. The summed E-state index contributed by atoms with van der Waals surface area (Å²) in [6, 6.07) is 5.09. The highest BCUT2D eigenvalue weighted by atomic mass is 79.9. The summed E-state index contributed by atoms with van der Waals surface area (Å²) >= 11 is 9.17.